The molecule has 8 heteroatoms. The summed E-state index contributed by atoms with van der Waals surface area (Å²) in [7, 11) is -1.27. The number of imidazole rings is 1. The normalized spacial score (nSPS) is 12.8. The smallest absolute Gasteiger partial charge is 0.216 e. The second kappa shape index (κ2) is 18.7. The van der Waals surface area contributed by atoms with Crippen LogP contribution in [0.4, 0.5) is 0 Å². The molecule has 5 heterocycles. The Morgan fingerprint density at radius 3 is 2.00 bits per heavy atom. The molecule has 11 rings (SSSR count). The zero-order chi connectivity index (χ0) is 49.4. The van der Waals surface area contributed by atoms with E-state index in [9.17, 15) is 0 Å². The molecule has 71 heavy (non-hydrogen) atoms. The first kappa shape index (κ1) is 49.7. The second-order valence-electron chi connectivity index (χ2n) is 22.5. The van der Waals surface area contributed by atoms with Crippen molar-refractivity contribution in [3.63, 3.8) is 0 Å². The maximum absolute atomic E-state index is 6.76. The number of furan rings is 1. The molecule has 6 aromatic carbocycles. The number of benzene rings is 6. The molecule has 0 saturated heterocycles. The minimum absolute atomic E-state index is 0. The van der Waals surface area contributed by atoms with E-state index in [0.717, 1.165) is 78.0 Å². The summed E-state index contributed by atoms with van der Waals surface area (Å²) >= 11 is 0. The molecule has 0 aliphatic rings. The molecule has 0 fully saturated rings. The molecule has 0 spiro atoms. The van der Waals surface area contributed by atoms with E-state index in [-0.39, 0.29) is 42.8 Å². The van der Waals surface area contributed by atoms with Crippen LogP contribution in [0, 0.1) is 24.5 Å². The number of hydrogen-bond donors (Lipinski definition) is 0. The van der Waals surface area contributed by atoms with E-state index in [1.807, 2.05) is 18.3 Å². The fourth-order valence-corrected chi connectivity index (χ4v) is 10.8. The largest absolute Gasteiger partial charge is 0.486 e. The third kappa shape index (κ3) is 9.16. The maximum atomic E-state index is 6.76. The third-order valence-corrected chi connectivity index (χ3v) is 16.2. The van der Waals surface area contributed by atoms with Gasteiger partial charge in [-0.25, -0.2) is 4.98 Å². The van der Waals surface area contributed by atoms with Crippen LogP contribution in [0.1, 0.15) is 96.7 Å². The minimum atomic E-state index is -1.27. The Hall–Kier alpha value is -6.31. The van der Waals surface area contributed by atoms with Crippen LogP contribution in [0.5, 0.6) is 0 Å². The number of pyridine rings is 3. The van der Waals surface area contributed by atoms with E-state index in [1.165, 1.54) is 37.9 Å². The first-order valence-corrected chi connectivity index (χ1v) is 28.2. The van der Waals surface area contributed by atoms with Gasteiger partial charge in [0.25, 0.3) is 0 Å². The molecule has 1 radical (unpaired) electrons. The molecule has 0 aliphatic carbocycles. The van der Waals surface area contributed by atoms with Gasteiger partial charge in [-0.3, -0.25) is 9.97 Å². The predicted molar refractivity (Wildman–Crippen MR) is 298 cm³/mol. The molecule has 0 saturated carbocycles. The van der Waals surface area contributed by atoms with Gasteiger partial charge in [-0.05, 0) is 80.5 Å². The van der Waals surface area contributed by atoms with Gasteiger partial charge in [0.2, 0.25) is 5.71 Å². The van der Waals surface area contributed by atoms with Crippen molar-refractivity contribution in [3.8, 4) is 28.3 Å². The van der Waals surface area contributed by atoms with Crippen molar-refractivity contribution in [2.45, 2.75) is 106 Å². The second-order valence-corrected chi connectivity index (χ2v) is 27.6. The molecule has 0 amide bonds. The summed E-state index contributed by atoms with van der Waals surface area (Å²) < 4.78 is 9.11. The van der Waals surface area contributed by atoms with E-state index in [4.69, 9.17) is 19.4 Å². The molecule has 361 valence electrons. The van der Waals surface area contributed by atoms with Crippen LogP contribution in [0.15, 0.2) is 138 Å². The van der Waals surface area contributed by atoms with Crippen molar-refractivity contribution in [1.82, 2.24) is 24.5 Å². The zero-order valence-electron chi connectivity index (χ0n) is 43.3. The molecule has 0 aliphatic heterocycles. The average Bonchev–Trinajstić information content (AvgIpc) is 3.91. The number of aryl methyl sites for hydroxylation is 1. The van der Waals surface area contributed by atoms with E-state index < -0.39 is 8.07 Å². The standard InChI is InChI=1S/C45H39N4O.C18H24NSi.Ir/c1-25(2)38-31-15-10-8-13-29(31)30-14-9-11-16-32(30)40(38)49-41-37(23-21-28-20-19-26(3)46-39(28)41)47-43(49)35-18-12-17-33-34-22-24-36(27(4)45(5,6)7)48-44(34)50-42(33)35;1-18(2,3)15-9-7-8-14(12-15)17-11-10-16(13-19-17)20(4,5)6;/h8-17,19-25,27H,1-7H3;7,9-13H,1-6H3;/q2*-1;. The van der Waals surface area contributed by atoms with Crippen molar-refractivity contribution in [3.05, 3.63) is 168 Å². The molecule has 0 N–H and O–H groups in total. The van der Waals surface area contributed by atoms with Crippen molar-refractivity contribution in [2.24, 2.45) is 5.41 Å². The Labute approximate surface area is 433 Å². The van der Waals surface area contributed by atoms with Gasteiger partial charge in [0.15, 0.2) is 0 Å². The monoisotopic (exact) mass is 1130 g/mol. The fourth-order valence-electron chi connectivity index (χ4n) is 9.77. The summed E-state index contributed by atoms with van der Waals surface area (Å²) in [6, 6.07) is 52.0. The summed E-state index contributed by atoms with van der Waals surface area (Å²) in [6.07, 6.45) is 2.04. The van der Waals surface area contributed by atoms with Crippen molar-refractivity contribution >= 4 is 78.8 Å². The average molecular weight is 1130 g/mol. The quantitative estimate of drug-likeness (QED) is 0.0943. The molecule has 5 aromatic heterocycles. The van der Waals surface area contributed by atoms with Crippen molar-refractivity contribution < 1.29 is 24.5 Å². The number of fused-ring (bicyclic) bond motifs is 9. The van der Waals surface area contributed by atoms with Gasteiger partial charge in [0.05, 0.1) is 41.7 Å². The van der Waals surface area contributed by atoms with Crippen LogP contribution in [0.25, 0.3) is 93.9 Å². The maximum Gasteiger partial charge on any atom is 0.216 e. The van der Waals surface area contributed by atoms with E-state index in [2.05, 4.69) is 226 Å². The summed E-state index contributed by atoms with van der Waals surface area (Å²) in [5.74, 6) is 1.24. The van der Waals surface area contributed by atoms with Crippen LogP contribution in [0.2, 0.25) is 19.6 Å². The SMILES string of the molecule is CC(C)(C)c1cc[c-]c(-c2ccc([Si](C)(C)C)cn2)c1.Cc1ccc2ccc3nc(-c4[c-]ccc5c4oc4nc(C(C)C(C)(C)C)ccc45)n(-c4c(C(C)C)c5ccccc5c5ccccc45)c3c2n1.[Ir]. The number of rotatable bonds is 6. The van der Waals surface area contributed by atoms with Crippen molar-refractivity contribution in [2.75, 3.05) is 0 Å². The summed E-state index contributed by atoms with van der Waals surface area (Å²) in [4.78, 5) is 20.3. The van der Waals surface area contributed by atoms with Gasteiger partial charge in [0, 0.05) is 59.8 Å². The Kier molecular flexibility index (Phi) is 13.1. The summed E-state index contributed by atoms with van der Waals surface area (Å²) in [5, 5.41) is 9.32. The van der Waals surface area contributed by atoms with Crippen molar-refractivity contribution in [1.29, 1.82) is 0 Å². The third-order valence-electron chi connectivity index (χ3n) is 14.2. The van der Waals surface area contributed by atoms with Gasteiger partial charge in [0.1, 0.15) is 0 Å². The molecular formula is C63H63IrN5OSi-2. The van der Waals surface area contributed by atoms with Gasteiger partial charge in [-0.2, -0.15) is 0 Å². The molecule has 1 atom stereocenters. The number of nitrogens with zero attached hydrogens (tertiary/aromatic N) is 5. The van der Waals surface area contributed by atoms with E-state index >= 15 is 0 Å². The molecule has 11 aromatic rings. The topological polar surface area (TPSA) is 69.6 Å². The van der Waals surface area contributed by atoms with Gasteiger partial charge >= 0.3 is 0 Å². The molecule has 0 bridgehead atoms. The zero-order valence-corrected chi connectivity index (χ0v) is 46.7. The van der Waals surface area contributed by atoms with Gasteiger partial charge in [-0.1, -0.05) is 166 Å². The first-order chi connectivity index (χ1) is 33.3. The van der Waals surface area contributed by atoms with E-state index in [1.54, 1.807) is 0 Å². The van der Waals surface area contributed by atoms with Crippen LogP contribution < -0.4 is 5.19 Å². The van der Waals surface area contributed by atoms with Crippen LogP contribution in [-0.4, -0.2) is 32.6 Å². The van der Waals surface area contributed by atoms with Crippen LogP contribution >= 0.6 is 0 Å². The fraction of sp³-hybridized carbons (Fsp3) is 0.270. The Bertz CT molecular complexity index is 3790. The number of aromatic nitrogens is 5. The van der Waals surface area contributed by atoms with Gasteiger partial charge in [-0.15, -0.1) is 53.6 Å². The molecular weight excluding hydrogens is 1060 g/mol. The Morgan fingerprint density at radius 1 is 0.662 bits per heavy atom. The van der Waals surface area contributed by atoms with Gasteiger partial charge < -0.3 is 14.0 Å². The molecule has 1 unspecified atom stereocenters. The minimum Gasteiger partial charge on any atom is -0.486 e. The van der Waals surface area contributed by atoms with E-state index in [0.29, 0.717) is 5.71 Å². The predicted octanol–water partition coefficient (Wildman–Crippen LogP) is 16.6. The first-order valence-electron chi connectivity index (χ1n) is 24.7. The number of hydrogen-bond acceptors (Lipinski definition) is 5. The summed E-state index contributed by atoms with van der Waals surface area (Å²) in [6.45, 7) is 29.3. The Balaban J connectivity index is 0.000000251. The Morgan fingerprint density at radius 2 is 1.34 bits per heavy atom. The summed E-state index contributed by atoms with van der Waals surface area (Å²) in [5.41, 5.74) is 13.0. The molecule has 6 nitrogen and oxygen atoms in total. The van der Waals surface area contributed by atoms with Crippen LogP contribution in [-0.2, 0) is 25.5 Å². The van der Waals surface area contributed by atoms with Crippen LogP contribution in [0.3, 0.4) is 0 Å².